The van der Waals surface area contributed by atoms with Gasteiger partial charge in [-0.2, -0.15) is 0 Å². The van der Waals surface area contributed by atoms with Gasteiger partial charge in [-0.1, -0.05) is 27.5 Å². The van der Waals surface area contributed by atoms with Crippen LogP contribution in [0.3, 0.4) is 0 Å². The molecule has 0 spiro atoms. The second-order valence-corrected chi connectivity index (χ2v) is 6.75. The molecule has 0 fully saturated rings. The zero-order valence-corrected chi connectivity index (χ0v) is 13.3. The average Bonchev–Trinajstić information content (AvgIpc) is 2.62. The molecule has 1 heterocycles. The lowest BCUT2D eigenvalue weighted by atomic mass is 10.1. The lowest BCUT2D eigenvalue weighted by Gasteiger charge is -2.01. The van der Waals surface area contributed by atoms with Gasteiger partial charge in [-0.25, -0.2) is 0 Å². The lowest BCUT2D eigenvalue weighted by Crippen LogP contribution is -2.02. The molecule has 0 atom stereocenters. The number of ketones is 1. The molecule has 88 valence electrons. The molecule has 2 aromatic rings. The molecule has 0 aliphatic carbocycles. The first kappa shape index (κ1) is 13.3. The SMILES string of the molecule is O=C(Cc1cc(Br)cs1)c1cc(Cl)cc(Br)c1. The molecule has 0 aliphatic heterocycles. The largest absolute Gasteiger partial charge is 0.294 e. The minimum Gasteiger partial charge on any atom is -0.294 e. The van der Waals surface area contributed by atoms with Gasteiger partial charge >= 0.3 is 0 Å². The topological polar surface area (TPSA) is 17.1 Å². The summed E-state index contributed by atoms with van der Waals surface area (Å²) in [7, 11) is 0. The molecule has 1 aromatic carbocycles. The van der Waals surface area contributed by atoms with E-state index in [0.29, 0.717) is 17.0 Å². The predicted molar refractivity (Wildman–Crippen MR) is 79.2 cm³/mol. The maximum absolute atomic E-state index is 12.0. The quantitative estimate of drug-likeness (QED) is 0.641. The van der Waals surface area contributed by atoms with Gasteiger partial charge in [0, 0.05) is 36.2 Å². The second-order valence-electron chi connectivity index (χ2n) is 3.49. The Bertz CT molecular complexity index is 545. The molecule has 0 saturated carbocycles. The van der Waals surface area contributed by atoms with Crippen LogP contribution in [-0.4, -0.2) is 5.78 Å². The first-order valence-corrected chi connectivity index (χ1v) is 7.61. The number of rotatable bonds is 3. The van der Waals surface area contributed by atoms with Crippen LogP contribution in [0.1, 0.15) is 15.2 Å². The molecule has 1 nitrogen and oxygen atoms in total. The molecular formula is C12H7Br2ClOS. The van der Waals surface area contributed by atoms with Crippen LogP contribution in [0.5, 0.6) is 0 Å². The minimum absolute atomic E-state index is 0.0718. The fourth-order valence-corrected chi connectivity index (χ4v) is 3.73. The summed E-state index contributed by atoms with van der Waals surface area (Å²) in [4.78, 5) is 13.1. The smallest absolute Gasteiger partial charge is 0.168 e. The Morgan fingerprint density at radius 1 is 1.18 bits per heavy atom. The third-order valence-corrected chi connectivity index (χ3v) is 4.51. The van der Waals surface area contributed by atoms with Gasteiger partial charge in [0.15, 0.2) is 5.78 Å². The van der Waals surface area contributed by atoms with Crippen molar-refractivity contribution in [2.75, 3.05) is 0 Å². The van der Waals surface area contributed by atoms with Gasteiger partial charge in [-0.3, -0.25) is 4.79 Å². The lowest BCUT2D eigenvalue weighted by molar-refractivity contribution is 0.0994. The van der Waals surface area contributed by atoms with E-state index in [1.165, 1.54) is 0 Å². The number of hydrogen-bond donors (Lipinski definition) is 0. The van der Waals surface area contributed by atoms with Crippen LogP contribution in [0.2, 0.25) is 5.02 Å². The van der Waals surface area contributed by atoms with E-state index < -0.39 is 0 Å². The molecule has 1 aromatic heterocycles. The molecule has 0 amide bonds. The molecule has 0 saturated heterocycles. The summed E-state index contributed by atoms with van der Waals surface area (Å²) in [5.41, 5.74) is 0.633. The highest BCUT2D eigenvalue weighted by Crippen LogP contribution is 2.24. The van der Waals surface area contributed by atoms with Gasteiger partial charge in [-0.15, -0.1) is 11.3 Å². The Labute approximate surface area is 125 Å². The van der Waals surface area contributed by atoms with Crippen molar-refractivity contribution >= 4 is 60.6 Å². The van der Waals surface area contributed by atoms with E-state index in [0.717, 1.165) is 13.8 Å². The maximum Gasteiger partial charge on any atom is 0.168 e. The number of carbonyl (C=O) groups is 1. The van der Waals surface area contributed by atoms with Crippen LogP contribution < -0.4 is 0 Å². The molecule has 0 bridgehead atoms. The fourth-order valence-electron chi connectivity index (χ4n) is 1.42. The summed E-state index contributed by atoms with van der Waals surface area (Å²) in [5, 5.41) is 2.53. The van der Waals surface area contributed by atoms with Gasteiger partial charge in [0.2, 0.25) is 0 Å². The first-order chi connectivity index (χ1) is 8.04. The van der Waals surface area contributed by atoms with E-state index in [-0.39, 0.29) is 5.78 Å². The molecule has 5 heteroatoms. The van der Waals surface area contributed by atoms with Crippen molar-refractivity contribution in [1.29, 1.82) is 0 Å². The van der Waals surface area contributed by atoms with Crippen LogP contribution >= 0.6 is 54.8 Å². The maximum atomic E-state index is 12.0. The summed E-state index contributed by atoms with van der Waals surface area (Å²) in [6, 6.07) is 7.20. The normalized spacial score (nSPS) is 10.5. The Kier molecular flexibility index (Phi) is 4.42. The highest BCUT2D eigenvalue weighted by Gasteiger charge is 2.10. The predicted octanol–water partition coefficient (Wildman–Crippen LogP) is 5.35. The molecule has 2 rings (SSSR count). The molecule has 17 heavy (non-hydrogen) atoms. The van der Waals surface area contributed by atoms with Gasteiger partial charge in [0.1, 0.15) is 0 Å². The molecular weight excluding hydrogens is 387 g/mol. The van der Waals surface area contributed by atoms with Gasteiger partial charge in [-0.05, 0) is 40.2 Å². The third-order valence-electron chi connectivity index (χ3n) is 2.14. The summed E-state index contributed by atoms with van der Waals surface area (Å²) in [5.74, 6) is 0.0718. The van der Waals surface area contributed by atoms with E-state index >= 15 is 0 Å². The Balaban J connectivity index is 2.19. The minimum atomic E-state index is 0.0718. The van der Waals surface area contributed by atoms with E-state index in [1.54, 1.807) is 29.5 Å². The van der Waals surface area contributed by atoms with E-state index in [4.69, 9.17) is 11.6 Å². The third kappa shape index (κ3) is 3.65. The highest BCUT2D eigenvalue weighted by atomic mass is 79.9. The summed E-state index contributed by atoms with van der Waals surface area (Å²) < 4.78 is 1.83. The van der Waals surface area contributed by atoms with Crippen molar-refractivity contribution in [3.8, 4) is 0 Å². The summed E-state index contributed by atoms with van der Waals surface area (Å²) in [6.07, 6.45) is 0.406. The van der Waals surface area contributed by atoms with Crippen molar-refractivity contribution < 1.29 is 4.79 Å². The van der Waals surface area contributed by atoms with Crippen LogP contribution in [0, 0.1) is 0 Å². The summed E-state index contributed by atoms with van der Waals surface area (Å²) in [6.45, 7) is 0. The van der Waals surface area contributed by atoms with Gasteiger partial charge in [0.05, 0.1) is 0 Å². The highest BCUT2D eigenvalue weighted by molar-refractivity contribution is 9.10. The number of hydrogen-bond acceptors (Lipinski definition) is 2. The molecule has 0 N–H and O–H groups in total. The van der Waals surface area contributed by atoms with E-state index in [2.05, 4.69) is 31.9 Å². The summed E-state index contributed by atoms with van der Waals surface area (Å²) >= 11 is 14.2. The second kappa shape index (κ2) is 5.65. The van der Waals surface area contributed by atoms with Crippen molar-refractivity contribution in [2.24, 2.45) is 0 Å². The number of benzene rings is 1. The van der Waals surface area contributed by atoms with Crippen molar-refractivity contribution in [2.45, 2.75) is 6.42 Å². The molecule has 0 unspecified atom stereocenters. The van der Waals surface area contributed by atoms with Crippen LogP contribution in [0.4, 0.5) is 0 Å². The molecule has 0 aliphatic rings. The Morgan fingerprint density at radius 3 is 2.53 bits per heavy atom. The van der Waals surface area contributed by atoms with Crippen molar-refractivity contribution in [3.63, 3.8) is 0 Å². The van der Waals surface area contributed by atoms with E-state index in [1.807, 2.05) is 11.4 Å². The van der Waals surface area contributed by atoms with Gasteiger partial charge < -0.3 is 0 Å². The zero-order chi connectivity index (χ0) is 12.4. The van der Waals surface area contributed by atoms with Crippen molar-refractivity contribution in [1.82, 2.24) is 0 Å². The standard InChI is InChI=1S/C12H7Br2ClOS/c13-8-1-7(2-10(15)3-8)12(16)5-11-4-9(14)6-17-11/h1-4,6H,5H2. The number of halogens is 3. The Hall–Kier alpha value is -0.160. The Morgan fingerprint density at radius 2 is 1.94 bits per heavy atom. The number of carbonyl (C=O) groups excluding carboxylic acids is 1. The monoisotopic (exact) mass is 392 g/mol. The van der Waals surface area contributed by atoms with Crippen LogP contribution in [-0.2, 0) is 6.42 Å². The number of thiophene rings is 1. The van der Waals surface area contributed by atoms with Crippen molar-refractivity contribution in [3.05, 3.63) is 54.1 Å². The number of Topliss-reactive ketones (excluding diaryl/α,β-unsaturated/α-hetero) is 1. The zero-order valence-electron chi connectivity index (χ0n) is 8.54. The molecule has 0 radical (unpaired) electrons. The first-order valence-electron chi connectivity index (χ1n) is 4.77. The van der Waals surface area contributed by atoms with Crippen LogP contribution in [0.25, 0.3) is 0 Å². The average molecular weight is 395 g/mol. The van der Waals surface area contributed by atoms with Crippen LogP contribution in [0.15, 0.2) is 38.6 Å². The van der Waals surface area contributed by atoms with Gasteiger partial charge in [0.25, 0.3) is 0 Å². The van der Waals surface area contributed by atoms with E-state index in [9.17, 15) is 4.79 Å². The fraction of sp³-hybridized carbons (Fsp3) is 0.0833.